The van der Waals surface area contributed by atoms with Gasteiger partial charge >= 0.3 is 0 Å². The lowest BCUT2D eigenvalue weighted by atomic mass is 10.3. The Morgan fingerprint density at radius 3 is 2.50 bits per heavy atom. The van der Waals surface area contributed by atoms with Crippen LogP contribution >= 0.6 is 0 Å². The van der Waals surface area contributed by atoms with E-state index in [0.717, 1.165) is 18.7 Å². The molecule has 2 aliphatic rings. The molecular formula is C11H13F2N3. The predicted molar refractivity (Wildman–Crippen MR) is 56.0 cm³/mol. The highest BCUT2D eigenvalue weighted by atomic mass is 19.2. The molecule has 1 aliphatic heterocycles. The summed E-state index contributed by atoms with van der Waals surface area (Å²) in [4.78, 5) is 10.2. The molecule has 3 nitrogen and oxygen atoms in total. The number of anilines is 1. The maximum atomic E-state index is 13.1. The van der Waals surface area contributed by atoms with E-state index in [2.05, 4.69) is 9.97 Å². The molecule has 0 amide bonds. The van der Waals surface area contributed by atoms with Crippen molar-refractivity contribution in [1.82, 2.24) is 9.97 Å². The lowest BCUT2D eigenvalue weighted by Crippen LogP contribution is -2.22. The van der Waals surface area contributed by atoms with E-state index in [1.807, 2.05) is 0 Å². The zero-order valence-electron chi connectivity index (χ0n) is 8.81. The Labute approximate surface area is 92.5 Å². The fourth-order valence-electron chi connectivity index (χ4n) is 1.99. The molecule has 0 spiro atoms. The molecule has 1 saturated heterocycles. The van der Waals surface area contributed by atoms with Gasteiger partial charge in [-0.3, -0.25) is 0 Å². The van der Waals surface area contributed by atoms with Crippen molar-refractivity contribution in [1.29, 1.82) is 0 Å². The normalized spacial score (nSPS) is 29.8. The van der Waals surface area contributed by atoms with Gasteiger partial charge in [0.25, 0.3) is 0 Å². The number of hydrogen-bond donors (Lipinski definition) is 0. The van der Waals surface area contributed by atoms with Gasteiger partial charge in [0.2, 0.25) is 0 Å². The first-order valence-corrected chi connectivity index (χ1v) is 5.60. The first kappa shape index (κ1) is 9.93. The first-order chi connectivity index (χ1) is 7.74. The van der Waals surface area contributed by atoms with E-state index in [9.17, 15) is 8.78 Å². The lowest BCUT2D eigenvalue weighted by molar-refractivity contribution is 0.217. The van der Waals surface area contributed by atoms with Gasteiger partial charge in [-0.15, -0.1) is 0 Å². The number of alkyl halides is 2. The van der Waals surface area contributed by atoms with E-state index in [4.69, 9.17) is 0 Å². The molecule has 1 aromatic rings. The fourth-order valence-corrected chi connectivity index (χ4v) is 1.99. The zero-order valence-corrected chi connectivity index (χ0v) is 8.81. The van der Waals surface area contributed by atoms with Crippen LogP contribution in [0.2, 0.25) is 0 Å². The van der Waals surface area contributed by atoms with Gasteiger partial charge in [-0.2, -0.15) is 0 Å². The third kappa shape index (κ3) is 1.74. The molecule has 2 heterocycles. The summed E-state index contributed by atoms with van der Waals surface area (Å²) in [6.07, 6.45) is 1.15. The van der Waals surface area contributed by atoms with Crippen molar-refractivity contribution in [3.63, 3.8) is 0 Å². The quantitative estimate of drug-likeness (QED) is 0.769. The second kappa shape index (κ2) is 3.64. The number of aromatic nitrogens is 2. The summed E-state index contributed by atoms with van der Waals surface area (Å²) in [6.45, 7) is 0.199. The minimum absolute atomic E-state index is 0.0995. The topological polar surface area (TPSA) is 29.0 Å². The molecule has 1 aliphatic carbocycles. The van der Waals surface area contributed by atoms with Crippen molar-refractivity contribution in [3.05, 3.63) is 18.1 Å². The van der Waals surface area contributed by atoms with Crippen LogP contribution in [0.5, 0.6) is 0 Å². The van der Waals surface area contributed by atoms with Crippen LogP contribution in [0.4, 0.5) is 14.6 Å². The fraction of sp³-hybridized carbons (Fsp3) is 0.636. The molecule has 2 atom stereocenters. The van der Waals surface area contributed by atoms with Gasteiger partial charge in [0.05, 0.1) is 13.1 Å². The molecule has 0 N–H and O–H groups in total. The molecule has 1 saturated carbocycles. The molecule has 2 fully saturated rings. The SMILES string of the molecule is F[C@@H]1CN(c2ccnc(C3CC3)n2)C[C@@H]1F. The maximum absolute atomic E-state index is 13.1. The molecule has 5 heteroatoms. The molecule has 0 aromatic carbocycles. The minimum atomic E-state index is -1.39. The van der Waals surface area contributed by atoms with Gasteiger partial charge in [0, 0.05) is 12.1 Å². The maximum Gasteiger partial charge on any atom is 0.150 e. The second-order valence-corrected chi connectivity index (χ2v) is 4.48. The largest absolute Gasteiger partial charge is 0.350 e. The summed E-state index contributed by atoms with van der Waals surface area (Å²) in [6, 6.07) is 1.72. The highest BCUT2D eigenvalue weighted by Gasteiger charge is 2.34. The van der Waals surface area contributed by atoms with Crippen LogP contribution in [0.15, 0.2) is 12.3 Å². The number of rotatable bonds is 2. The summed E-state index contributed by atoms with van der Waals surface area (Å²) in [5, 5.41) is 0. The monoisotopic (exact) mass is 225 g/mol. The Bertz CT molecular complexity index is 385. The lowest BCUT2D eigenvalue weighted by Gasteiger charge is -2.16. The molecule has 1 aromatic heterocycles. The van der Waals surface area contributed by atoms with Crippen LogP contribution in [0, 0.1) is 0 Å². The van der Waals surface area contributed by atoms with Gasteiger partial charge < -0.3 is 4.90 Å². The van der Waals surface area contributed by atoms with Crippen molar-refractivity contribution in [2.24, 2.45) is 0 Å². The standard InChI is InChI=1S/C11H13F2N3/c12-8-5-16(6-9(8)13)10-3-4-14-11(15-10)7-1-2-7/h3-4,7-9H,1-2,5-6H2/t8-,9+. The molecule has 0 bridgehead atoms. The Morgan fingerprint density at radius 2 is 1.88 bits per heavy atom. The minimum Gasteiger partial charge on any atom is -0.350 e. The van der Waals surface area contributed by atoms with Crippen LogP contribution in [0.1, 0.15) is 24.6 Å². The van der Waals surface area contributed by atoms with Crippen molar-refractivity contribution in [2.45, 2.75) is 31.1 Å². The highest BCUT2D eigenvalue weighted by molar-refractivity contribution is 5.40. The smallest absolute Gasteiger partial charge is 0.150 e. The van der Waals surface area contributed by atoms with Crippen LogP contribution in [-0.4, -0.2) is 35.4 Å². The first-order valence-electron chi connectivity index (χ1n) is 5.60. The Kier molecular flexibility index (Phi) is 2.26. The van der Waals surface area contributed by atoms with Gasteiger partial charge in [-0.25, -0.2) is 18.7 Å². The van der Waals surface area contributed by atoms with Crippen LogP contribution in [-0.2, 0) is 0 Å². The van der Waals surface area contributed by atoms with E-state index in [-0.39, 0.29) is 13.1 Å². The molecule has 86 valence electrons. The summed E-state index contributed by atoms with van der Waals surface area (Å²) in [5.74, 6) is 1.93. The predicted octanol–water partition coefficient (Wildman–Crippen LogP) is 1.85. The van der Waals surface area contributed by atoms with Crippen molar-refractivity contribution in [3.8, 4) is 0 Å². The summed E-state index contributed by atoms with van der Waals surface area (Å²) in [7, 11) is 0. The van der Waals surface area contributed by atoms with E-state index in [0.29, 0.717) is 11.7 Å². The van der Waals surface area contributed by atoms with Gasteiger partial charge in [-0.1, -0.05) is 0 Å². The van der Waals surface area contributed by atoms with Gasteiger partial charge in [0.1, 0.15) is 11.6 Å². The summed E-state index contributed by atoms with van der Waals surface area (Å²) < 4.78 is 26.1. The van der Waals surface area contributed by atoms with Crippen molar-refractivity contribution in [2.75, 3.05) is 18.0 Å². The zero-order chi connectivity index (χ0) is 11.1. The van der Waals surface area contributed by atoms with E-state index in [1.54, 1.807) is 17.2 Å². The number of halogens is 2. The number of nitrogens with zero attached hydrogens (tertiary/aromatic N) is 3. The Morgan fingerprint density at radius 1 is 1.19 bits per heavy atom. The number of hydrogen-bond acceptors (Lipinski definition) is 3. The summed E-state index contributed by atoms with van der Waals surface area (Å²) in [5.41, 5.74) is 0. The summed E-state index contributed by atoms with van der Waals surface area (Å²) >= 11 is 0. The van der Waals surface area contributed by atoms with Crippen molar-refractivity contribution < 1.29 is 8.78 Å². The van der Waals surface area contributed by atoms with Gasteiger partial charge in [0.15, 0.2) is 12.3 Å². The van der Waals surface area contributed by atoms with Crippen LogP contribution in [0.25, 0.3) is 0 Å². The molecule has 0 radical (unpaired) electrons. The van der Waals surface area contributed by atoms with E-state index in [1.165, 1.54) is 0 Å². The van der Waals surface area contributed by atoms with Crippen LogP contribution in [0.3, 0.4) is 0 Å². The van der Waals surface area contributed by atoms with E-state index >= 15 is 0 Å². The molecule has 0 unspecified atom stereocenters. The Balaban J connectivity index is 1.81. The molecular weight excluding hydrogens is 212 g/mol. The average molecular weight is 225 g/mol. The van der Waals surface area contributed by atoms with E-state index < -0.39 is 12.3 Å². The van der Waals surface area contributed by atoms with Crippen LogP contribution < -0.4 is 4.90 Å². The molecule has 16 heavy (non-hydrogen) atoms. The van der Waals surface area contributed by atoms with Gasteiger partial charge in [-0.05, 0) is 18.9 Å². The average Bonchev–Trinajstić information content (AvgIpc) is 3.07. The third-order valence-corrected chi connectivity index (χ3v) is 3.11. The second-order valence-electron chi connectivity index (χ2n) is 4.48. The third-order valence-electron chi connectivity index (χ3n) is 3.11. The Hall–Kier alpha value is -1.26. The molecule has 3 rings (SSSR count). The van der Waals surface area contributed by atoms with Crippen molar-refractivity contribution >= 4 is 5.82 Å². The highest BCUT2D eigenvalue weighted by Crippen LogP contribution is 2.38.